The molecular weight excluding hydrogens is 368 g/mol. The molecule has 0 radical (unpaired) electrons. The van der Waals surface area contributed by atoms with Crippen LogP contribution in [0.1, 0.15) is 32.8 Å². The van der Waals surface area contributed by atoms with Crippen LogP contribution >= 0.6 is 0 Å². The Labute approximate surface area is 166 Å². The van der Waals surface area contributed by atoms with Crippen molar-refractivity contribution in [2.75, 3.05) is 26.0 Å². The van der Waals surface area contributed by atoms with Gasteiger partial charge in [-0.1, -0.05) is 19.9 Å². The van der Waals surface area contributed by atoms with Crippen molar-refractivity contribution in [3.05, 3.63) is 23.8 Å². The van der Waals surface area contributed by atoms with Gasteiger partial charge < -0.3 is 40.6 Å². The van der Waals surface area contributed by atoms with E-state index in [1.165, 1.54) is 14.0 Å². The molecule has 9 heteroatoms. The summed E-state index contributed by atoms with van der Waals surface area (Å²) >= 11 is 0. The van der Waals surface area contributed by atoms with Crippen molar-refractivity contribution in [3.63, 3.8) is 0 Å². The van der Waals surface area contributed by atoms with Gasteiger partial charge in [0.05, 0.1) is 18.4 Å². The van der Waals surface area contributed by atoms with Gasteiger partial charge >= 0.3 is 5.97 Å². The Morgan fingerprint density at radius 3 is 2.50 bits per heavy atom. The number of hydrogen-bond acceptors (Lipinski definition) is 9. The number of esters is 1. The van der Waals surface area contributed by atoms with Crippen molar-refractivity contribution in [1.29, 1.82) is 0 Å². The molecule has 0 amide bonds. The molecule has 1 saturated heterocycles. The van der Waals surface area contributed by atoms with Gasteiger partial charge in [0, 0.05) is 20.4 Å². The quantitative estimate of drug-likeness (QED) is 0.432. The number of aliphatic hydroxyl groups excluding tert-OH is 3. The van der Waals surface area contributed by atoms with E-state index in [0.29, 0.717) is 11.4 Å². The number of rotatable bonds is 6. The molecule has 0 saturated carbocycles. The molecule has 0 aliphatic carbocycles. The van der Waals surface area contributed by atoms with Crippen LogP contribution in [0.4, 0.5) is 5.69 Å². The number of nitrogens with two attached hydrogens (primary N) is 1. The third kappa shape index (κ3) is 7.99. The summed E-state index contributed by atoms with van der Waals surface area (Å²) in [6.07, 6.45) is -3.81. The Morgan fingerprint density at radius 1 is 1.32 bits per heavy atom. The molecule has 1 fully saturated rings. The van der Waals surface area contributed by atoms with E-state index in [1.807, 2.05) is 13.8 Å². The number of ether oxygens (including phenoxy) is 3. The van der Waals surface area contributed by atoms with Crippen molar-refractivity contribution < 1.29 is 34.3 Å². The third-order valence-electron chi connectivity index (χ3n) is 3.73. The van der Waals surface area contributed by atoms with Crippen LogP contribution in [0, 0.1) is 0 Å². The number of carbonyl (C=O) groups excluding carboxylic acids is 1. The highest BCUT2D eigenvalue weighted by Crippen LogP contribution is 2.30. The molecule has 0 aromatic heterocycles. The number of anilines is 1. The lowest BCUT2D eigenvalue weighted by molar-refractivity contribution is -0.229. The Hall–Kier alpha value is -1.91. The van der Waals surface area contributed by atoms with Crippen LogP contribution in [0.15, 0.2) is 18.2 Å². The summed E-state index contributed by atoms with van der Waals surface area (Å²) in [5.41, 5.74) is 5.94. The van der Waals surface area contributed by atoms with E-state index >= 15 is 0 Å². The van der Waals surface area contributed by atoms with Gasteiger partial charge in [-0.25, -0.2) is 0 Å². The minimum absolute atomic E-state index is 0.0794. The van der Waals surface area contributed by atoms with Gasteiger partial charge in [-0.15, -0.1) is 0 Å². The lowest BCUT2D eigenvalue weighted by atomic mass is 10.0. The summed E-state index contributed by atoms with van der Waals surface area (Å²) in [7, 11) is 3.22. The van der Waals surface area contributed by atoms with Crippen LogP contribution in [0.25, 0.3) is 0 Å². The predicted octanol–water partition coefficient (Wildman–Crippen LogP) is 0.600. The third-order valence-corrected chi connectivity index (χ3v) is 3.73. The van der Waals surface area contributed by atoms with Crippen molar-refractivity contribution in [2.45, 2.75) is 58.4 Å². The molecule has 1 aliphatic rings. The zero-order chi connectivity index (χ0) is 21.7. The fraction of sp³-hybridized carbons (Fsp3) is 0.632. The molecule has 9 nitrogen and oxygen atoms in total. The first-order valence-electron chi connectivity index (χ1n) is 9.25. The van der Waals surface area contributed by atoms with Gasteiger partial charge in [0.2, 0.25) is 6.29 Å². The van der Waals surface area contributed by atoms with Gasteiger partial charge in [-0.3, -0.25) is 4.79 Å². The number of benzene rings is 1. The van der Waals surface area contributed by atoms with E-state index in [9.17, 15) is 20.1 Å². The maximum atomic E-state index is 10.9. The molecule has 28 heavy (non-hydrogen) atoms. The van der Waals surface area contributed by atoms with Gasteiger partial charge in [-0.2, -0.15) is 0 Å². The van der Waals surface area contributed by atoms with E-state index in [1.54, 1.807) is 25.2 Å². The van der Waals surface area contributed by atoms with Crippen molar-refractivity contribution in [1.82, 2.24) is 0 Å². The second-order valence-corrected chi connectivity index (χ2v) is 5.56. The van der Waals surface area contributed by atoms with E-state index in [0.717, 1.165) is 5.56 Å². The molecule has 1 heterocycles. The lowest BCUT2D eigenvalue weighted by Crippen LogP contribution is -2.51. The average molecular weight is 402 g/mol. The highest BCUT2D eigenvalue weighted by Gasteiger charge is 2.37. The summed E-state index contributed by atoms with van der Waals surface area (Å²) in [4.78, 5) is 10.9. The maximum absolute atomic E-state index is 10.9. The first kappa shape index (κ1) is 26.1. The first-order valence-corrected chi connectivity index (χ1v) is 9.25. The number of carbonyl (C=O) groups is 1. The zero-order valence-corrected chi connectivity index (χ0v) is 17.2. The van der Waals surface area contributed by atoms with Gasteiger partial charge in [0.15, 0.2) is 0 Å². The summed E-state index contributed by atoms with van der Waals surface area (Å²) in [5.74, 6) is 0.119. The fourth-order valence-electron chi connectivity index (χ4n) is 2.43. The minimum Gasteiger partial charge on any atom is -0.463 e. The summed E-state index contributed by atoms with van der Waals surface area (Å²) in [6, 6.07) is 5.21. The van der Waals surface area contributed by atoms with Gasteiger partial charge in [-0.05, 0) is 24.7 Å². The molecule has 162 valence electrons. The van der Waals surface area contributed by atoms with Crippen molar-refractivity contribution in [2.24, 2.45) is 5.73 Å². The first-order chi connectivity index (χ1) is 13.4. The van der Waals surface area contributed by atoms with Crippen LogP contribution in [0.3, 0.4) is 0 Å². The monoisotopic (exact) mass is 402 g/mol. The van der Waals surface area contributed by atoms with Crippen molar-refractivity contribution in [3.8, 4) is 5.75 Å². The van der Waals surface area contributed by atoms with E-state index in [4.69, 9.17) is 14.2 Å². The van der Waals surface area contributed by atoms with Gasteiger partial charge in [0.25, 0.3) is 0 Å². The van der Waals surface area contributed by atoms with E-state index < -0.39 is 31.2 Å². The number of nitrogens with one attached hydrogen (secondary N) is 1. The van der Waals surface area contributed by atoms with Crippen molar-refractivity contribution >= 4 is 11.7 Å². The normalized spacial score (nSPS) is 23.3. The van der Waals surface area contributed by atoms with E-state index in [-0.39, 0.29) is 19.0 Å². The smallest absolute Gasteiger partial charge is 0.302 e. The SMILES string of the molecule is CC.CN.CNc1cc(COC(C)=O)ccc1OC1CC(O)C(O)C(CO)O1. The summed E-state index contributed by atoms with van der Waals surface area (Å²) in [5, 5.41) is 31.7. The lowest BCUT2D eigenvalue weighted by Gasteiger charge is -2.36. The summed E-state index contributed by atoms with van der Waals surface area (Å²) in [6.45, 7) is 5.08. The Bertz CT molecular complexity index is 571. The minimum atomic E-state index is -1.15. The maximum Gasteiger partial charge on any atom is 0.302 e. The van der Waals surface area contributed by atoms with Crippen LogP contribution in [0.5, 0.6) is 5.75 Å². The molecule has 4 unspecified atom stereocenters. The van der Waals surface area contributed by atoms with Crippen LogP contribution < -0.4 is 15.8 Å². The van der Waals surface area contributed by atoms with Crippen LogP contribution in [-0.4, -0.2) is 66.6 Å². The standard InChI is InChI=1S/C16H23NO7.C2H6.CH5N/c1-9(19)22-8-10-3-4-13(11(5-10)17-2)23-15-6-12(20)16(21)14(7-18)24-15;2*1-2/h3-5,12,14-18,20-21H,6-8H2,1-2H3;1-2H3;2H2,1H3. The molecule has 1 aromatic carbocycles. The highest BCUT2D eigenvalue weighted by atomic mass is 16.7. The Morgan fingerprint density at radius 2 is 1.96 bits per heavy atom. The topological polar surface area (TPSA) is 144 Å². The van der Waals surface area contributed by atoms with Crippen LogP contribution in [0.2, 0.25) is 0 Å². The molecular formula is C19H34N2O7. The zero-order valence-electron chi connectivity index (χ0n) is 17.2. The van der Waals surface area contributed by atoms with Gasteiger partial charge in [0.1, 0.15) is 24.6 Å². The van der Waals surface area contributed by atoms with E-state index in [2.05, 4.69) is 11.1 Å². The highest BCUT2D eigenvalue weighted by molar-refractivity contribution is 5.66. The Kier molecular flexibility index (Phi) is 13.2. The predicted molar refractivity (Wildman–Crippen MR) is 106 cm³/mol. The number of aliphatic hydroxyl groups is 3. The average Bonchev–Trinajstić information content (AvgIpc) is 2.72. The molecule has 0 bridgehead atoms. The van der Waals surface area contributed by atoms with Crippen LogP contribution in [-0.2, 0) is 20.9 Å². The molecule has 1 aliphatic heterocycles. The second kappa shape index (κ2) is 14.1. The largest absolute Gasteiger partial charge is 0.463 e. The molecule has 1 aromatic rings. The number of hydrogen-bond donors (Lipinski definition) is 5. The molecule has 2 rings (SSSR count). The Balaban J connectivity index is 0.00000171. The molecule has 0 spiro atoms. The second-order valence-electron chi connectivity index (χ2n) is 5.56. The molecule has 4 atom stereocenters. The fourth-order valence-corrected chi connectivity index (χ4v) is 2.43. The summed E-state index contributed by atoms with van der Waals surface area (Å²) < 4.78 is 16.1. The molecule has 6 N–H and O–H groups in total.